The van der Waals surface area contributed by atoms with Crippen molar-refractivity contribution in [2.24, 2.45) is 0 Å². The molecule has 0 aromatic heterocycles. The van der Waals surface area contributed by atoms with Crippen LogP contribution in [0.3, 0.4) is 0 Å². The van der Waals surface area contributed by atoms with Crippen LogP contribution < -0.4 is 0 Å². The molecule has 2 aromatic rings. The summed E-state index contributed by atoms with van der Waals surface area (Å²) < 4.78 is 77.2. The van der Waals surface area contributed by atoms with Crippen LogP contribution in [0.25, 0.3) is 0 Å². The molecule has 2 aliphatic carbocycles. The molecule has 0 N–H and O–H groups in total. The third-order valence-electron chi connectivity index (χ3n) is 9.22. The zero-order chi connectivity index (χ0) is 32.1. The summed E-state index contributed by atoms with van der Waals surface area (Å²) in [6.07, 6.45) is 0.989. The number of nitriles is 2. The molecule has 0 unspecified atom stereocenters. The lowest BCUT2D eigenvalue weighted by molar-refractivity contribution is -0.138. The molecule has 43 heavy (non-hydrogen) atoms. The van der Waals surface area contributed by atoms with Crippen molar-refractivity contribution in [2.75, 3.05) is 0 Å². The van der Waals surface area contributed by atoms with Gasteiger partial charge in [0.2, 0.25) is 0 Å². The van der Waals surface area contributed by atoms with Crippen LogP contribution in [0.2, 0.25) is 18.1 Å². The Hall–Kier alpha value is -3.66. The SMILES string of the molecule is C#Cc1cc(C(F)(F)F)ccc1C1(C#N)CCC1.CC[Si](C#Cc1cc(C(F)(F)F)ccc1C1(C#N)CCC1)(CC)CC. The normalized spacial score (nSPS) is 16.8. The van der Waals surface area contributed by atoms with E-state index < -0.39 is 42.4 Å². The van der Waals surface area contributed by atoms with Gasteiger partial charge in [0.25, 0.3) is 0 Å². The van der Waals surface area contributed by atoms with Gasteiger partial charge in [-0.25, -0.2) is 0 Å². The zero-order valence-corrected chi connectivity index (χ0v) is 25.6. The van der Waals surface area contributed by atoms with Crippen molar-refractivity contribution < 1.29 is 26.3 Å². The number of hydrogen-bond donors (Lipinski definition) is 0. The first-order valence-electron chi connectivity index (χ1n) is 14.4. The van der Waals surface area contributed by atoms with Crippen LogP contribution in [0, 0.1) is 46.5 Å². The number of nitrogens with zero attached hydrogens (tertiary/aromatic N) is 2. The maximum absolute atomic E-state index is 13.1. The zero-order valence-electron chi connectivity index (χ0n) is 24.6. The molecular weight excluding hydrogens is 578 g/mol. The number of terminal acetylenes is 1. The van der Waals surface area contributed by atoms with E-state index in [0.29, 0.717) is 42.4 Å². The minimum absolute atomic E-state index is 0.172. The molecule has 4 rings (SSSR count). The molecule has 0 heterocycles. The highest BCUT2D eigenvalue weighted by Gasteiger charge is 2.43. The Kier molecular flexibility index (Phi) is 10.2. The van der Waals surface area contributed by atoms with E-state index in [1.54, 1.807) is 0 Å². The first-order chi connectivity index (χ1) is 20.2. The van der Waals surface area contributed by atoms with Crippen LogP contribution in [-0.2, 0) is 23.2 Å². The Morgan fingerprint density at radius 1 is 0.721 bits per heavy atom. The lowest BCUT2D eigenvalue weighted by atomic mass is 9.64. The fourth-order valence-electron chi connectivity index (χ4n) is 5.66. The highest BCUT2D eigenvalue weighted by Crippen LogP contribution is 2.46. The molecule has 2 fully saturated rings. The Balaban J connectivity index is 0.000000248. The minimum Gasteiger partial charge on any atom is -0.197 e. The van der Waals surface area contributed by atoms with E-state index in [4.69, 9.17) is 6.42 Å². The predicted molar refractivity (Wildman–Crippen MR) is 157 cm³/mol. The standard InChI is InChI=1S/C20H24F3NSi.C14H10F3N/c1-4-25(5-2,6-3)13-10-16-14-17(20(21,22)23)8-9-18(16)19(15-24)11-7-12-19;1-2-10-8-11(14(15,16)17)4-5-12(10)13(9-18)6-3-7-13/h8-9,14H,4-7,11-12H2,1-3H3;1,4-5,8H,3,6-7H2. The van der Waals surface area contributed by atoms with E-state index in [-0.39, 0.29) is 5.56 Å². The number of rotatable bonds is 5. The molecule has 9 heteroatoms. The molecule has 0 atom stereocenters. The van der Waals surface area contributed by atoms with Crippen LogP contribution in [0.1, 0.15) is 92.7 Å². The van der Waals surface area contributed by atoms with Crippen molar-refractivity contribution in [3.8, 4) is 35.9 Å². The summed E-state index contributed by atoms with van der Waals surface area (Å²) in [7, 11) is -1.77. The third-order valence-corrected chi connectivity index (χ3v) is 13.9. The van der Waals surface area contributed by atoms with Gasteiger partial charge >= 0.3 is 12.4 Å². The third kappa shape index (κ3) is 6.95. The van der Waals surface area contributed by atoms with Crippen molar-refractivity contribution in [1.29, 1.82) is 10.5 Å². The van der Waals surface area contributed by atoms with Gasteiger partial charge in [0.15, 0.2) is 0 Å². The largest absolute Gasteiger partial charge is 0.416 e. The fourth-order valence-corrected chi connectivity index (χ4v) is 8.09. The van der Waals surface area contributed by atoms with Gasteiger partial charge in [-0.1, -0.05) is 44.7 Å². The monoisotopic (exact) mass is 612 g/mol. The Morgan fingerprint density at radius 3 is 1.42 bits per heavy atom. The summed E-state index contributed by atoms with van der Waals surface area (Å²) in [6, 6.07) is 14.5. The lowest BCUT2D eigenvalue weighted by Gasteiger charge is -2.36. The molecular formula is C34H34F6N2Si. The second-order valence-corrected chi connectivity index (χ2v) is 16.3. The van der Waals surface area contributed by atoms with E-state index in [2.05, 4.69) is 50.3 Å². The van der Waals surface area contributed by atoms with Crippen molar-refractivity contribution >= 4 is 8.07 Å². The van der Waals surface area contributed by atoms with Gasteiger partial charge in [-0.05, 0) is 92.0 Å². The van der Waals surface area contributed by atoms with E-state index >= 15 is 0 Å². The molecule has 2 saturated carbocycles. The number of alkyl halides is 6. The van der Waals surface area contributed by atoms with Gasteiger partial charge in [0.05, 0.1) is 34.1 Å². The second kappa shape index (κ2) is 12.9. The van der Waals surface area contributed by atoms with Gasteiger partial charge in [0, 0.05) is 11.1 Å². The lowest BCUT2D eigenvalue weighted by Crippen LogP contribution is -2.33. The Morgan fingerprint density at radius 2 is 1.12 bits per heavy atom. The van der Waals surface area contributed by atoms with Crippen molar-refractivity contribution in [2.45, 2.75) is 101 Å². The molecule has 2 aromatic carbocycles. The smallest absolute Gasteiger partial charge is 0.197 e. The van der Waals surface area contributed by atoms with E-state index in [1.165, 1.54) is 12.1 Å². The summed E-state index contributed by atoms with van der Waals surface area (Å²) in [5.41, 5.74) is 2.35. The fraction of sp³-hybridized carbons (Fsp3) is 0.471. The maximum atomic E-state index is 13.1. The Bertz CT molecular complexity index is 1500. The van der Waals surface area contributed by atoms with Gasteiger partial charge in [-0.3, -0.25) is 0 Å². The van der Waals surface area contributed by atoms with Crippen molar-refractivity contribution in [3.63, 3.8) is 0 Å². The average Bonchev–Trinajstić information content (AvgIpc) is 2.93. The molecule has 2 aliphatic rings. The number of benzene rings is 2. The molecule has 226 valence electrons. The molecule has 0 aliphatic heterocycles. The molecule has 0 bridgehead atoms. The maximum Gasteiger partial charge on any atom is 0.416 e. The first-order valence-corrected chi connectivity index (χ1v) is 17.1. The Labute approximate surface area is 251 Å². The molecule has 0 radical (unpaired) electrons. The van der Waals surface area contributed by atoms with E-state index in [0.717, 1.165) is 55.2 Å². The molecule has 0 saturated heterocycles. The number of halogens is 6. The summed E-state index contributed by atoms with van der Waals surface area (Å²) in [5.74, 6) is 5.35. The number of hydrogen-bond acceptors (Lipinski definition) is 2. The van der Waals surface area contributed by atoms with E-state index in [1.807, 2.05) is 0 Å². The van der Waals surface area contributed by atoms with Crippen LogP contribution in [-0.4, -0.2) is 8.07 Å². The second-order valence-electron chi connectivity index (χ2n) is 11.3. The van der Waals surface area contributed by atoms with E-state index in [9.17, 15) is 36.9 Å². The van der Waals surface area contributed by atoms with Crippen LogP contribution in [0.5, 0.6) is 0 Å². The highest BCUT2D eigenvalue weighted by atomic mass is 28.3. The molecule has 0 spiro atoms. The van der Waals surface area contributed by atoms with Gasteiger partial charge in [0.1, 0.15) is 8.07 Å². The van der Waals surface area contributed by atoms with Crippen LogP contribution in [0.4, 0.5) is 26.3 Å². The first kappa shape index (κ1) is 33.8. The van der Waals surface area contributed by atoms with Crippen LogP contribution >= 0.6 is 0 Å². The minimum atomic E-state index is -4.41. The predicted octanol–water partition coefficient (Wildman–Crippen LogP) is 9.68. The molecule has 2 nitrogen and oxygen atoms in total. The molecule has 0 amide bonds. The van der Waals surface area contributed by atoms with Crippen LogP contribution in [0.15, 0.2) is 36.4 Å². The quantitative estimate of drug-likeness (QED) is 0.192. The topological polar surface area (TPSA) is 47.6 Å². The van der Waals surface area contributed by atoms with Gasteiger partial charge in [-0.2, -0.15) is 36.9 Å². The highest BCUT2D eigenvalue weighted by molar-refractivity contribution is 6.87. The van der Waals surface area contributed by atoms with Gasteiger partial charge < -0.3 is 0 Å². The van der Waals surface area contributed by atoms with Crippen molar-refractivity contribution in [1.82, 2.24) is 0 Å². The van der Waals surface area contributed by atoms with Crippen molar-refractivity contribution in [3.05, 3.63) is 69.8 Å². The van der Waals surface area contributed by atoms with Gasteiger partial charge in [-0.15, -0.1) is 12.0 Å². The average molecular weight is 613 g/mol. The summed E-state index contributed by atoms with van der Waals surface area (Å²) >= 11 is 0. The summed E-state index contributed by atoms with van der Waals surface area (Å²) in [5, 5.41) is 18.8. The summed E-state index contributed by atoms with van der Waals surface area (Å²) in [4.78, 5) is 0. The summed E-state index contributed by atoms with van der Waals surface area (Å²) in [6.45, 7) is 6.34.